The first-order valence-electron chi connectivity index (χ1n) is 8.97. The van der Waals surface area contributed by atoms with Crippen molar-refractivity contribution in [1.29, 1.82) is 0 Å². The molecule has 0 saturated carbocycles. The van der Waals surface area contributed by atoms with Gasteiger partial charge in [0.2, 0.25) is 0 Å². The maximum Gasteiger partial charge on any atom is 0.312 e. The second kappa shape index (κ2) is 6.64. The Kier molecular flexibility index (Phi) is 4.26. The summed E-state index contributed by atoms with van der Waals surface area (Å²) in [4.78, 5) is 36.3. The maximum absolute atomic E-state index is 12.8. The highest BCUT2D eigenvalue weighted by molar-refractivity contribution is 5.94. The molecule has 0 aliphatic carbocycles. The average molecular weight is 377 g/mol. The van der Waals surface area contributed by atoms with E-state index in [-0.39, 0.29) is 17.8 Å². The molecule has 1 atom stereocenters. The lowest BCUT2D eigenvalue weighted by atomic mass is 9.91. The lowest BCUT2D eigenvalue weighted by Gasteiger charge is -2.23. The summed E-state index contributed by atoms with van der Waals surface area (Å²) in [5.74, 6) is 0.537. The Morgan fingerprint density at radius 3 is 2.50 bits per heavy atom. The number of pyridine rings is 1. The van der Waals surface area contributed by atoms with Crippen molar-refractivity contribution in [1.82, 2.24) is 4.57 Å². The molecule has 0 amide bonds. The second-order valence-electron chi connectivity index (χ2n) is 6.99. The standard InChI is InChI=1S/C22H19NO5/c1-12-10-19-21(22(26)23(12)3)16(11-20(25)28-19)18-9-8-17(27-18)15-6-4-14(5-7-15)13(2)24/h4-10,16H,11H2,1-3H3. The number of aryl methyl sites for hydroxylation is 1. The van der Waals surface area contributed by atoms with E-state index in [1.54, 1.807) is 44.3 Å². The van der Waals surface area contributed by atoms with Crippen LogP contribution >= 0.6 is 0 Å². The van der Waals surface area contributed by atoms with E-state index in [1.165, 1.54) is 11.5 Å². The summed E-state index contributed by atoms with van der Waals surface area (Å²) in [6.45, 7) is 3.30. The Labute approximate surface area is 161 Å². The first-order valence-corrected chi connectivity index (χ1v) is 8.97. The van der Waals surface area contributed by atoms with Gasteiger partial charge in [0, 0.05) is 29.9 Å². The fraction of sp³-hybridized carbons (Fsp3) is 0.227. The van der Waals surface area contributed by atoms with Crippen molar-refractivity contribution in [3.8, 4) is 17.1 Å². The molecular weight excluding hydrogens is 358 g/mol. The van der Waals surface area contributed by atoms with Crippen LogP contribution in [0.3, 0.4) is 0 Å². The third kappa shape index (κ3) is 2.97. The minimum Gasteiger partial charge on any atom is -0.460 e. The fourth-order valence-corrected chi connectivity index (χ4v) is 3.46. The van der Waals surface area contributed by atoms with Crippen molar-refractivity contribution >= 4 is 11.8 Å². The zero-order chi connectivity index (χ0) is 20.0. The van der Waals surface area contributed by atoms with Gasteiger partial charge in [-0.3, -0.25) is 14.4 Å². The van der Waals surface area contributed by atoms with Gasteiger partial charge in [0.15, 0.2) is 5.78 Å². The SMILES string of the molecule is CC(=O)c1ccc(-c2ccc(C3CC(=O)Oc4cc(C)n(C)c(=O)c43)o2)cc1. The highest BCUT2D eigenvalue weighted by Gasteiger charge is 2.34. The molecule has 2 aromatic heterocycles. The monoisotopic (exact) mass is 377 g/mol. The Morgan fingerprint density at radius 1 is 1.11 bits per heavy atom. The van der Waals surface area contributed by atoms with Crippen molar-refractivity contribution < 1.29 is 18.7 Å². The van der Waals surface area contributed by atoms with E-state index in [2.05, 4.69) is 0 Å². The molecule has 28 heavy (non-hydrogen) atoms. The Morgan fingerprint density at radius 2 is 1.82 bits per heavy atom. The number of ether oxygens (including phenoxy) is 1. The molecule has 0 fully saturated rings. The first-order chi connectivity index (χ1) is 13.3. The number of carbonyl (C=O) groups excluding carboxylic acids is 2. The van der Waals surface area contributed by atoms with Crippen LogP contribution in [0, 0.1) is 6.92 Å². The van der Waals surface area contributed by atoms with Crippen molar-refractivity contribution in [3.05, 3.63) is 75.4 Å². The first kappa shape index (κ1) is 18.0. The van der Waals surface area contributed by atoms with E-state index in [4.69, 9.17) is 9.15 Å². The predicted molar refractivity (Wildman–Crippen MR) is 103 cm³/mol. The highest BCUT2D eigenvalue weighted by atomic mass is 16.5. The van der Waals surface area contributed by atoms with Crippen LogP contribution in [0.2, 0.25) is 0 Å². The van der Waals surface area contributed by atoms with Crippen LogP contribution in [0.4, 0.5) is 0 Å². The second-order valence-corrected chi connectivity index (χ2v) is 6.99. The molecular formula is C22H19NO5. The number of esters is 1. The van der Waals surface area contributed by atoms with Crippen LogP contribution in [0.15, 0.2) is 51.7 Å². The van der Waals surface area contributed by atoms with Gasteiger partial charge < -0.3 is 13.7 Å². The molecule has 1 aliphatic heterocycles. The topological polar surface area (TPSA) is 78.5 Å². The van der Waals surface area contributed by atoms with E-state index in [0.717, 1.165) is 5.56 Å². The summed E-state index contributed by atoms with van der Waals surface area (Å²) >= 11 is 0. The van der Waals surface area contributed by atoms with Gasteiger partial charge in [-0.15, -0.1) is 0 Å². The summed E-state index contributed by atoms with van der Waals surface area (Å²) in [6, 6.07) is 12.4. The molecule has 0 radical (unpaired) electrons. The number of aromatic nitrogens is 1. The van der Waals surface area contributed by atoms with Crippen LogP contribution in [0.25, 0.3) is 11.3 Å². The predicted octanol–water partition coefficient (Wildman–Crippen LogP) is 3.60. The van der Waals surface area contributed by atoms with Gasteiger partial charge in [-0.2, -0.15) is 0 Å². The van der Waals surface area contributed by atoms with Gasteiger partial charge in [0.25, 0.3) is 5.56 Å². The van der Waals surface area contributed by atoms with Crippen LogP contribution in [0.5, 0.6) is 5.75 Å². The van der Waals surface area contributed by atoms with Crippen molar-refractivity contribution in [2.45, 2.75) is 26.2 Å². The highest BCUT2D eigenvalue weighted by Crippen LogP contribution is 2.38. The average Bonchev–Trinajstić information content (AvgIpc) is 3.15. The Hall–Kier alpha value is -3.41. The van der Waals surface area contributed by atoms with Crippen LogP contribution in [-0.4, -0.2) is 16.3 Å². The quantitative estimate of drug-likeness (QED) is 0.515. The maximum atomic E-state index is 12.8. The molecule has 1 aromatic carbocycles. The zero-order valence-electron chi connectivity index (χ0n) is 15.8. The van der Waals surface area contributed by atoms with Crippen molar-refractivity contribution in [3.63, 3.8) is 0 Å². The number of ketones is 1. The van der Waals surface area contributed by atoms with Crippen molar-refractivity contribution in [2.75, 3.05) is 0 Å². The van der Waals surface area contributed by atoms with Gasteiger partial charge in [-0.1, -0.05) is 24.3 Å². The molecule has 0 bridgehead atoms. The number of rotatable bonds is 3. The minimum absolute atomic E-state index is 0.00449. The van der Waals surface area contributed by atoms with E-state index in [9.17, 15) is 14.4 Å². The van der Waals surface area contributed by atoms with E-state index >= 15 is 0 Å². The number of fused-ring (bicyclic) bond motifs is 1. The lowest BCUT2D eigenvalue weighted by molar-refractivity contribution is -0.135. The van der Waals surface area contributed by atoms with E-state index in [1.807, 2.05) is 12.1 Å². The molecule has 6 nitrogen and oxygen atoms in total. The van der Waals surface area contributed by atoms with Gasteiger partial charge >= 0.3 is 5.97 Å². The summed E-state index contributed by atoms with van der Waals surface area (Å²) < 4.78 is 12.8. The smallest absolute Gasteiger partial charge is 0.312 e. The van der Waals surface area contributed by atoms with Gasteiger partial charge in [-0.25, -0.2) is 0 Å². The fourth-order valence-electron chi connectivity index (χ4n) is 3.46. The van der Waals surface area contributed by atoms with E-state index in [0.29, 0.717) is 34.1 Å². The number of Topliss-reactive ketones (excluding diaryl/α,β-unsaturated/α-hetero) is 1. The molecule has 3 heterocycles. The van der Waals surface area contributed by atoms with Crippen molar-refractivity contribution in [2.24, 2.45) is 7.05 Å². The Bertz CT molecular complexity index is 1150. The zero-order valence-corrected chi connectivity index (χ0v) is 15.8. The third-order valence-electron chi connectivity index (χ3n) is 5.16. The molecule has 0 saturated heterocycles. The van der Waals surface area contributed by atoms with Crippen LogP contribution in [-0.2, 0) is 11.8 Å². The van der Waals surface area contributed by atoms with Gasteiger partial charge in [-0.05, 0) is 26.0 Å². The number of hydrogen-bond acceptors (Lipinski definition) is 5. The summed E-state index contributed by atoms with van der Waals surface area (Å²) in [6.07, 6.45) is 0.0432. The van der Waals surface area contributed by atoms with Crippen LogP contribution < -0.4 is 10.3 Å². The van der Waals surface area contributed by atoms with Crippen LogP contribution in [0.1, 0.15) is 46.6 Å². The summed E-state index contributed by atoms with van der Waals surface area (Å²) in [7, 11) is 1.69. The molecule has 3 aromatic rings. The largest absolute Gasteiger partial charge is 0.460 e. The molecule has 1 unspecified atom stereocenters. The number of carbonyl (C=O) groups is 2. The number of benzene rings is 1. The molecule has 4 rings (SSSR count). The van der Waals surface area contributed by atoms with E-state index < -0.39 is 11.9 Å². The summed E-state index contributed by atoms with van der Waals surface area (Å²) in [5.41, 5.74) is 2.38. The molecule has 1 aliphatic rings. The number of nitrogens with zero attached hydrogens (tertiary/aromatic N) is 1. The number of furan rings is 1. The summed E-state index contributed by atoms with van der Waals surface area (Å²) in [5, 5.41) is 0. The molecule has 0 spiro atoms. The molecule has 0 N–H and O–H groups in total. The third-order valence-corrected chi connectivity index (χ3v) is 5.16. The number of hydrogen-bond donors (Lipinski definition) is 0. The normalized spacial score (nSPS) is 15.8. The van der Waals surface area contributed by atoms with Gasteiger partial charge in [0.05, 0.1) is 17.9 Å². The molecule has 142 valence electrons. The Balaban J connectivity index is 1.76. The lowest BCUT2D eigenvalue weighted by Crippen LogP contribution is -2.31. The molecule has 6 heteroatoms. The minimum atomic E-state index is -0.499. The van der Waals surface area contributed by atoms with Gasteiger partial charge in [0.1, 0.15) is 17.3 Å².